The fraction of sp³-hybridized carbons (Fsp3) is 0.625. The lowest BCUT2D eigenvalue weighted by atomic mass is 9.64. The number of nitrogens with zero attached hydrogens (tertiary/aromatic N) is 2. The zero-order valence-corrected chi connectivity index (χ0v) is 30.1. The molecule has 49 heavy (non-hydrogen) atoms. The Labute approximate surface area is 291 Å². The molecular weight excluding hydrogens is 616 g/mol. The number of carbonyl (C=O) groups excluding carboxylic acids is 3. The molecule has 3 atom stereocenters. The molecule has 4 aliphatic rings. The number of allylic oxidation sites excluding steroid dienone is 3. The molecule has 0 radical (unpaired) electrons. The zero-order valence-electron chi connectivity index (χ0n) is 30.1. The van der Waals surface area contributed by atoms with Gasteiger partial charge in [0.15, 0.2) is 0 Å². The van der Waals surface area contributed by atoms with Crippen LogP contribution >= 0.6 is 0 Å². The Hall–Kier alpha value is -3.59. The van der Waals surface area contributed by atoms with E-state index in [-0.39, 0.29) is 24.1 Å². The number of piperidine rings is 1. The average Bonchev–Trinajstić information content (AvgIpc) is 3.76. The molecule has 6 rings (SSSR count). The largest absolute Gasteiger partial charge is 0.497 e. The number of amides is 3. The zero-order chi connectivity index (χ0) is 34.5. The number of carbonyl (C=O) groups is 3. The molecule has 2 N–H and O–H groups in total. The molecule has 3 fully saturated rings. The summed E-state index contributed by atoms with van der Waals surface area (Å²) in [6.45, 7) is 9.38. The van der Waals surface area contributed by atoms with Gasteiger partial charge in [-0.1, -0.05) is 49.0 Å². The molecule has 1 saturated carbocycles. The number of hydrogen-bond donors (Lipinski definition) is 2. The maximum atomic E-state index is 14.8. The Morgan fingerprint density at radius 3 is 2.61 bits per heavy atom. The Bertz CT molecular complexity index is 1580. The van der Waals surface area contributed by atoms with Crippen LogP contribution in [0.2, 0.25) is 0 Å². The molecule has 9 nitrogen and oxygen atoms in total. The van der Waals surface area contributed by atoms with Crippen LogP contribution in [0, 0.1) is 17.8 Å². The number of ether oxygens (including phenoxy) is 2. The highest BCUT2D eigenvalue weighted by atomic mass is 16.5. The van der Waals surface area contributed by atoms with Crippen molar-refractivity contribution in [2.45, 2.75) is 96.9 Å². The molecule has 3 amide bonds. The number of nitrogens with one attached hydrogen (secondary N) is 2. The number of aromatic amines is 1. The summed E-state index contributed by atoms with van der Waals surface area (Å²) in [5, 5.41) is 4.15. The molecule has 2 aromatic rings. The van der Waals surface area contributed by atoms with Crippen molar-refractivity contribution in [3.8, 4) is 5.75 Å². The van der Waals surface area contributed by atoms with Crippen LogP contribution in [0.25, 0.3) is 10.9 Å². The van der Waals surface area contributed by atoms with E-state index in [9.17, 15) is 14.4 Å². The Morgan fingerprint density at radius 1 is 1.10 bits per heavy atom. The first-order chi connectivity index (χ1) is 23.7. The minimum absolute atomic E-state index is 0.00271. The predicted octanol–water partition coefficient (Wildman–Crippen LogP) is 6.42. The van der Waals surface area contributed by atoms with Crippen LogP contribution in [0.5, 0.6) is 5.75 Å². The van der Waals surface area contributed by atoms with E-state index in [1.165, 1.54) is 42.4 Å². The first-order valence-corrected chi connectivity index (χ1v) is 18.6. The lowest BCUT2D eigenvalue weighted by Gasteiger charge is -2.56. The second-order valence-electron chi connectivity index (χ2n) is 15.0. The number of morpholine rings is 1. The highest BCUT2D eigenvalue weighted by Crippen LogP contribution is 2.54. The topological polar surface area (TPSA) is 104 Å². The number of rotatable bonds is 12. The maximum absolute atomic E-state index is 14.8. The molecule has 4 heterocycles. The first-order valence-electron chi connectivity index (χ1n) is 18.6. The van der Waals surface area contributed by atoms with Gasteiger partial charge in [-0.3, -0.25) is 14.4 Å². The summed E-state index contributed by atoms with van der Waals surface area (Å²) in [7, 11) is 1.68. The van der Waals surface area contributed by atoms with Crippen molar-refractivity contribution in [3.63, 3.8) is 0 Å². The van der Waals surface area contributed by atoms with Gasteiger partial charge in [0, 0.05) is 55.1 Å². The minimum atomic E-state index is -0.799. The van der Waals surface area contributed by atoms with Gasteiger partial charge < -0.3 is 29.6 Å². The van der Waals surface area contributed by atoms with Crippen LogP contribution < -0.4 is 10.1 Å². The lowest BCUT2D eigenvalue weighted by Crippen LogP contribution is -2.66. The Balaban J connectivity index is 1.32. The average molecular weight is 673 g/mol. The van der Waals surface area contributed by atoms with Crippen molar-refractivity contribution in [1.82, 2.24) is 20.1 Å². The molecule has 266 valence electrons. The van der Waals surface area contributed by atoms with Crippen LogP contribution in [-0.2, 0) is 31.1 Å². The van der Waals surface area contributed by atoms with Gasteiger partial charge >= 0.3 is 0 Å². The molecule has 2 saturated heterocycles. The summed E-state index contributed by atoms with van der Waals surface area (Å²) in [4.78, 5) is 50.6. The van der Waals surface area contributed by atoms with Gasteiger partial charge in [0.2, 0.25) is 17.7 Å². The van der Waals surface area contributed by atoms with Crippen molar-refractivity contribution >= 4 is 28.6 Å². The molecule has 3 aliphatic heterocycles. The quantitative estimate of drug-likeness (QED) is 0.254. The van der Waals surface area contributed by atoms with Crippen molar-refractivity contribution in [2.75, 3.05) is 46.5 Å². The molecule has 1 aromatic heterocycles. The molecule has 1 unspecified atom stereocenters. The first kappa shape index (κ1) is 35.2. The molecular formula is C40H56N4O5. The molecule has 9 heteroatoms. The maximum Gasteiger partial charge on any atom is 0.228 e. The molecule has 0 bridgehead atoms. The summed E-state index contributed by atoms with van der Waals surface area (Å²) in [5.74, 6) is 0.318. The smallest absolute Gasteiger partial charge is 0.228 e. The predicted molar refractivity (Wildman–Crippen MR) is 192 cm³/mol. The summed E-state index contributed by atoms with van der Waals surface area (Å²) in [6.07, 6.45) is 14.0. The van der Waals surface area contributed by atoms with Gasteiger partial charge in [-0.2, -0.15) is 0 Å². The normalized spacial score (nSPS) is 24.5. The third-order valence-corrected chi connectivity index (χ3v) is 11.6. The van der Waals surface area contributed by atoms with Gasteiger partial charge in [-0.25, -0.2) is 0 Å². The van der Waals surface area contributed by atoms with Crippen LogP contribution in [0.3, 0.4) is 0 Å². The van der Waals surface area contributed by atoms with E-state index in [2.05, 4.69) is 55.4 Å². The van der Waals surface area contributed by atoms with Gasteiger partial charge in [0.25, 0.3) is 0 Å². The van der Waals surface area contributed by atoms with Crippen LogP contribution in [0.1, 0.15) is 96.2 Å². The van der Waals surface area contributed by atoms with Gasteiger partial charge in [-0.05, 0) is 89.0 Å². The monoisotopic (exact) mass is 672 g/mol. The SMILES string of the molecule is COc1ccc2[nH]c3c(c2c1)CCN1C(=O)C(CC(=O)NC/C=C(\C)CCC=C(C)C)C[C@H](C(=O)N2CCOCC2)[C@@]31CCC1CCCC1. The minimum Gasteiger partial charge on any atom is -0.497 e. The van der Waals surface area contributed by atoms with Crippen LogP contribution in [-0.4, -0.2) is 79.0 Å². The second kappa shape index (κ2) is 15.5. The third kappa shape index (κ3) is 7.47. The summed E-state index contributed by atoms with van der Waals surface area (Å²) in [5.41, 5.74) is 4.94. The second-order valence-corrected chi connectivity index (χ2v) is 15.0. The Morgan fingerprint density at radius 2 is 1.88 bits per heavy atom. The summed E-state index contributed by atoms with van der Waals surface area (Å²) >= 11 is 0. The van der Waals surface area contributed by atoms with Gasteiger partial charge in [-0.15, -0.1) is 0 Å². The Kier molecular flexibility index (Phi) is 11.2. The molecule has 0 spiro atoms. The molecule has 1 aliphatic carbocycles. The third-order valence-electron chi connectivity index (χ3n) is 11.6. The van der Waals surface area contributed by atoms with E-state index in [1.54, 1.807) is 7.11 Å². The van der Waals surface area contributed by atoms with E-state index >= 15 is 0 Å². The fourth-order valence-electron chi connectivity index (χ4n) is 8.97. The number of methoxy groups -OCH3 is 1. The standard InChI is InChI=1S/C40H56N4O5/c1-27(2)8-7-9-28(3)15-18-41-36(45)25-30-24-34(39(47)43-20-22-49-23-21-43)40(17-14-29-10-5-6-11-29)37-32(16-19-44(40)38(30)46)33-26-31(48-4)12-13-35(33)42-37/h8,12-13,15,26,29-30,34,42H,5-7,9-11,14,16-25H2,1-4H3,(H,41,45)/b28-15+/t30?,34-,40+/m1/s1. The number of hydrogen-bond acceptors (Lipinski definition) is 5. The van der Waals surface area contributed by atoms with Crippen molar-refractivity contribution in [2.24, 2.45) is 17.8 Å². The van der Waals surface area contributed by atoms with Gasteiger partial charge in [0.1, 0.15) is 5.75 Å². The van der Waals surface area contributed by atoms with E-state index in [0.717, 1.165) is 48.0 Å². The summed E-state index contributed by atoms with van der Waals surface area (Å²) < 4.78 is 11.3. The lowest BCUT2D eigenvalue weighted by molar-refractivity contribution is -0.169. The number of aromatic nitrogens is 1. The number of fused-ring (bicyclic) bond motifs is 5. The molecule has 1 aromatic carbocycles. The fourth-order valence-corrected chi connectivity index (χ4v) is 8.97. The van der Waals surface area contributed by atoms with Crippen molar-refractivity contribution < 1.29 is 23.9 Å². The van der Waals surface area contributed by atoms with E-state index < -0.39 is 17.4 Å². The summed E-state index contributed by atoms with van der Waals surface area (Å²) in [6, 6.07) is 6.10. The van der Waals surface area contributed by atoms with Gasteiger partial charge in [0.05, 0.1) is 31.8 Å². The van der Waals surface area contributed by atoms with Crippen LogP contribution in [0.15, 0.2) is 41.5 Å². The van der Waals surface area contributed by atoms with Crippen molar-refractivity contribution in [3.05, 3.63) is 52.8 Å². The van der Waals surface area contributed by atoms with E-state index in [1.807, 2.05) is 15.9 Å². The van der Waals surface area contributed by atoms with Crippen LogP contribution in [0.4, 0.5) is 0 Å². The number of benzene rings is 1. The van der Waals surface area contributed by atoms with Crippen molar-refractivity contribution in [1.29, 1.82) is 0 Å². The van der Waals surface area contributed by atoms with E-state index in [4.69, 9.17) is 9.47 Å². The highest BCUT2D eigenvalue weighted by Gasteiger charge is 2.59. The number of H-pyrrole nitrogens is 1. The highest BCUT2D eigenvalue weighted by molar-refractivity contribution is 5.93. The van der Waals surface area contributed by atoms with E-state index in [0.29, 0.717) is 58.2 Å².